The molecule has 2 heterocycles. The van der Waals surface area contributed by atoms with Crippen LogP contribution in [0.5, 0.6) is 0 Å². The van der Waals surface area contributed by atoms with E-state index in [1.165, 1.54) is 0 Å². The minimum Gasteiger partial charge on any atom is -0.325 e. The third-order valence-electron chi connectivity index (χ3n) is 3.08. The Morgan fingerprint density at radius 3 is 2.84 bits per heavy atom. The molecule has 0 aliphatic heterocycles. The first-order valence-electron chi connectivity index (χ1n) is 6.17. The van der Waals surface area contributed by atoms with Crippen molar-refractivity contribution in [3.8, 4) is 6.07 Å². The maximum atomic E-state index is 8.90. The van der Waals surface area contributed by atoms with Crippen LogP contribution in [-0.2, 0) is 19.5 Å². The van der Waals surface area contributed by atoms with E-state index >= 15 is 0 Å². The molecule has 0 aliphatic rings. The zero-order valence-corrected chi connectivity index (χ0v) is 10.4. The lowest BCUT2D eigenvalue weighted by Crippen LogP contribution is -2.10. The Labute approximate surface area is 110 Å². The van der Waals surface area contributed by atoms with Crippen LogP contribution in [0.15, 0.2) is 42.7 Å². The predicted molar refractivity (Wildman–Crippen MR) is 71.3 cm³/mol. The maximum absolute atomic E-state index is 8.90. The van der Waals surface area contributed by atoms with Crippen molar-refractivity contribution in [3.05, 3.63) is 48.5 Å². The molecule has 94 valence electrons. The van der Waals surface area contributed by atoms with E-state index in [0.29, 0.717) is 6.42 Å². The van der Waals surface area contributed by atoms with E-state index in [-0.39, 0.29) is 0 Å². The summed E-state index contributed by atoms with van der Waals surface area (Å²) in [6.45, 7) is 1.53. The zero-order chi connectivity index (χ0) is 13.1. The third kappa shape index (κ3) is 2.20. The number of para-hydroxylation sites is 2. The molecule has 0 bridgehead atoms. The number of rotatable bonds is 4. The summed E-state index contributed by atoms with van der Waals surface area (Å²) in [7, 11) is 0. The van der Waals surface area contributed by atoms with E-state index in [1.54, 1.807) is 6.20 Å². The Balaban J connectivity index is 1.95. The monoisotopic (exact) mass is 251 g/mol. The highest BCUT2D eigenvalue weighted by Crippen LogP contribution is 2.16. The molecule has 1 aromatic carbocycles. The van der Waals surface area contributed by atoms with Crippen LogP contribution in [0.3, 0.4) is 0 Å². The molecule has 0 radical (unpaired) electrons. The smallest absolute Gasteiger partial charge is 0.124 e. The van der Waals surface area contributed by atoms with Crippen LogP contribution >= 0.6 is 0 Å². The zero-order valence-electron chi connectivity index (χ0n) is 10.4. The van der Waals surface area contributed by atoms with Crippen LogP contribution in [0, 0.1) is 11.3 Å². The standard InChI is InChI=1S/C14H13N5/c15-7-6-14-17-12-4-1-2-5-13(12)19(14)11-10-18-9-3-8-16-18/h1-5,8-9H,6,10-11H2. The molecular weight excluding hydrogens is 238 g/mol. The molecule has 19 heavy (non-hydrogen) atoms. The van der Waals surface area contributed by atoms with Crippen LogP contribution < -0.4 is 0 Å². The fourth-order valence-electron chi connectivity index (χ4n) is 2.22. The van der Waals surface area contributed by atoms with Gasteiger partial charge in [-0.2, -0.15) is 10.4 Å². The number of hydrogen-bond donors (Lipinski definition) is 0. The lowest BCUT2D eigenvalue weighted by atomic mass is 10.3. The van der Waals surface area contributed by atoms with E-state index in [1.807, 2.05) is 41.2 Å². The molecule has 0 fully saturated rings. The van der Waals surface area contributed by atoms with Gasteiger partial charge in [-0.25, -0.2) is 4.98 Å². The Kier molecular flexibility index (Phi) is 2.99. The SMILES string of the molecule is N#CCc1nc2ccccc2n1CCn1cccn1. The number of nitrogens with zero attached hydrogens (tertiary/aromatic N) is 5. The summed E-state index contributed by atoms with van der Waals surface area (Å²) in [5, 5.41) is 13.1. The Hall–Kier alpha value is -2.61. The number of hydrogen-bond acceptors (Lipinski definition) is 3. The van der Waals surface area contributed by atoms with Gasteiger partial charge in [0.05, 0.1) is 30.1 Å². The molecule has 0 saturated heterocycles. The van der Waals surface area contributed by atoms with E-state index in [2.05, 4.69) is 20.7 Å². The lowest BCUT2D eigenvalue weighted by molar-refractivity contribution is 0.532. The van der Waals surface area contributed by atoms with Crippen molar-refractivity contribution in [3.63, 3.8) is 0 Å². The van der Waals surface area contributed by atoms with Gasteiger partial charge in [0.15, 0.2) is 0 Å². The van der Waals surface area contributed by atoms with Gasteiger partial charge in [0, 0.05) is 18.9 Å². The minimum absolute atomic E-state index is 0.327. The van der Waals surface area contributed by atoms with E-state index in [9.17, 15) is 0 Å². The highest BCUT2D eigenvalue weighted by Gasteiger charge is 2.09. The van der Waals surface area contributed by atoms with E-state index < -0.39 is 0 Å². The predicted octanol–water partition coefficient (Wildman–Crippen LogP) is 2.00. The number of aryl methyl sites for hydroxylation is 2. The van der Waals surface area contributed by atoms with Crippen molar-refractivity contribution < 1.29 is 0 Å². The van der Waals surface area contributed by atoms with E-state index in [4.69, 9.17) is 5.26 Å². The number of benzene rings is 1. The molecule has 0 N–H and O–H groups in total. The van der Waals surface area contributed by atoms with Gasteiger partial charge in [-0.05, 0) is 18.2 Å². The molecule has 3 rings (SSSR count). The molecule has 5 heteroatoms. The molecule has 3 aromatic rings. The largest absolute Gasteiger partial charge is 0.325 e. The molecule has 0 atom stereocenters. The first-order valence-corrected chi connectivity index (χ1v) is 6.17. The maximum Gasteiger partial charge on any atom is 0.124 e. The van der Waals surface area contributed by atoms with Gasteiger partial charge < -0.3 is 4.57 Å². The van der Waals surface area contributed by atoms with Crippen molar-refractivity contribution in [1.82, 2.24) is 19.3 Å². The average molecular weight is 251 g/mol. The second kappa shape index (κ2) is 4.94. The summed E-state index contributed by atoms with van der Waals surface area (Å²) in [4.78, 5) is 4.51. The lowest BCUT2D eigenvalue weighted by Gasteiger charge is -2.07. The van der Waals surface area contributed by atoms with Gasteiger partial charge in [-0.15, -0.1) is 0 Å². The third-order valence-corrected chi connectivity index (χ3v) is 3.08. The number of imidazole rings is 1. The number of aromatic nitrogens is 4. The number of fused-ring (bicyclic) bond motifs is 1. The summed E-state index contributed by atoms with van der Waals surface area (Å²) < 4.78 is 3.98. The second-order valence-corrected chi connectivity index (χ2v) is 4.27. The fourth-order valence-corrected chi connectivity index (χ4v) is 2.22. The Morgan fingerprint density at radius 1 is 1.16 bits per heavy atom. The average Bonchev–Trinajstić information content (AvgIpc) is 3.04. The molecule has 0 spiro atoms. The molecular formula is C14H13N5. The number of nitriles is 1. The van der Waals surface area contributed by atoms with Crippen LogP contribution in [0.2, 0.25) is 0 Å². The molecule has 0 amide bonds. The van der Waals surface area contributed by atoms with Crippen molar-refractivity contribution in [2.24, 2.45) is 0 Å². The first-order chi connectivity index (χ1) is 9.38. The van der Waals surface area contributed by atoms with Crippen LogP contribution in [-0.4, -0.2) is 19.3 Å². The topological polar surface area (TPSA) is 59.4 Å². The molecule has 5 nitrogen and oxygen atoms in total. The summed E-state index contributed by atoms with van der Waals surface area (Å²) in [5.74, 6) is 0.816. The van der Waals surface area contributed by atoms with Gasteiger partial charge in [-0.1, -0.05) is 12.1 Å². The Bertz CT molecular complexity index is 718. The van der Waals surface area contributed by atoms with Crippen LogP contribution in [0.4, 0.5) is 0 Å². The van der Waals surface area contributed by atoms with Crippen LogP contribution in [0.1, 0.15) is 5.82 Å². The quantitative estimate of drug-likeness (QED) is 0.712. The summed E-state index contributed by atoms with van der Waals surface area (Å²) in [6, 6.07) is 12.0. The summed E-state index contributed by atoms with van der Waals surface area (Å²) in [6.07, 6.45) is 4.03. The van der Waals surface area contributed by atoms with Crippen molar-refractivity contribution in [1.29, 1.82) is 5.26 Å². The second-order valence-electron chi connectivity index (χ2n) is 4.27. The molecule has 2 aromatic heterocycles. The normalized spacial score (nSPS) is 10.7. The Morgan fingerprint density at radius 2 is 2.05 bits per heavy atom. The van der Waals surface area contributed by atoms with Gasteiger partial charge in [0.1, 0.15) is 5.82 Å². The van der Waals surface area contributed by atoms with E-state index in [0.717, 1.165) is 29.9 Å². The highest BCUT2D eigenvalue weighted by molar-refractivity contribution is 5.75. The van der Waals surface area contributed by atoms with Crippen molar-refractivity contribution >= 4 is 11.0 Å². The summed E-state index contributed by atoms with van der Waals surface area (Å²) >= 11 is 0. The van der Waals surface area contributed by atoms with Gasteiger partial charge in [0.25, 0.3) is 0 Å². The molecule has 0 aliphatic carbocycles. The van der Waals surface area contributed by atoms with Gasteiger partial charge in [-0.3, -0.25) is 4.68 Å². The van der Waals surface area contributed by atoms with Crippen LogP contribution in [0.25, 0.3) is 11.0 Å². The summed E-state index contributed by atoms with van der Waals surface area (Å²) in [5.41, 5.74) is 2.01. The van der Waals surface area contributed by atoms with Gasteiger partial charge in [0.2, 0.25) is 0 Å². The van der Waals surface area contributed by atoms with Gasteiger partial charge >= 0.3 is 0 Å². The fraction of sp³-hybridized carbons (Fsp3) is 0.214. The minimum atomic E-state index is 0.327. The molecule has 0 unspecified atom stereocenters. The molecule has 0 saturated carbocycles. The first kappa shape index (κ1) is 11.5. The van der Waals surface area contributed by atoms with Crippen molar-refractivity contribution in [2.75, 3.05) is 0 Å². The van der Waals surface area contributed by atoms with Crippen molar-refractivity contribution in [2.45, 2.75) is 19.5 Å². The highest BCUT2D eigenvalue weighted by atomic mass is 15.3.